The van der Waals surface area contributed by atoms with Crippen LogP contribution in [0.15, 0.2) is 35.1 Å². The molecule has 1 aromatic heterocycles. The minimum atomic E-state index is -5.01. The van der Waals surface area contributed by atoms with Crippen LogP contribution in [0.5, 0.6) is 5.75 Å². The van der Waals surface area contributed by atoms with Gasteiger partial charge in [0.15, 0.2) is 5.82 Å². The average molecular weight is 331 g/mol. The lowest BCUT2D eigenvalue weighted by Gasteiger charge is -2.18. The molecule has 0 saturated heterocycles. The van der Waals surface area contributed by atoms with E-state index in [1.165, 1.54) is 6.07 Å². The second kappa shape index (κ2) is 5.75. The Morgan fingerprint density at radius 1 is 1.22 bits per heavy atom. The molecule has 0 atom stereocenters. The summed E-state index contributed by atoms with van der Waals surface area (Å²) in [6.07, 6.45) is -5.01. The number of carboxylic acids is 1. The zero-order chi connectivity index (χ0) is 17.4. The number of hydrogen-bond donors (Lipinski definition) is 1. The Hall–Kier alpha value is -2.84. The molecule has 0 unspecified atom stereocenters. The number of halogens is 4. The highest BCUT2D eigenvalue weighted by Crippen LogP contribution is 2.33. The fraction of sp³-hybridized carbons (Fsp3) is 0.143. The average Bonchev–Trinajstić information content (AvgIpc) is 2.45. The summed E-state index contributed by atoms with van der Waals surface area (Å²) in [6, 6.07) is 4.08. The second-order valence-electron chi connectivity index (χ2n) is 4.37. The summed E-state index contributed by atoms with van der Waals surface area (Å²) >= 11 is 0. The molecule has 5 nitrogen and oxygen atoms in total. The summed E-state index contributed by atoms with van der Waals surface area (Å²) in [6.45, 7) is 0. The van der Waals surface area contributed by atoms with Gasteiger partial charge in [0.25, 0.3) is 5.56 Å². The van der Waals surface area contributed by atoms with Gasteiger partial charge in [0.1, 0.15) is 22.7 Å². The van der Waals surface area contributed by atoms with Crippen LogP contribution in [0.4, 0.5) is 17.6 Å². The Kier molecular flexibility index (Phi) is 4.13. The van der Waals surface area contributed by atoms with Gasteiger partial charge in [-0.05, 0) is 24.3 Å². The van der Waals surface area contributed by atoms with Crippen LogP contribution in [0.2, 0.25) is 0 Å². The van der Waals surface area contributed by atoms with E-state index in [0.29, 0.717) is 12.1 Å². The van der Waals surface area contributed by atoms with Crippen LogP contribution < -0.4 is 10.3 Å². The van der Waals surface area contributed by atoms with Crippen LogP contribution in [-0.2, 0) is 6.18 Å². The first-order valence-corrected chi connectivity index (χ1v) is 6.08. The molecular formula is C14H9F4NO4. The summed E-state index contributed by atoms with van der Waals surface area (Å²) in [5.74, 6) is -3.24. The first-order chi connectivity index (χ1) is 10.7. The minimum absolute atomic E-state index is 0.0440. The molecule has 0 bridgehead atoms. The smallest absolute Gasteiger partial charge is 0.431 e. The van der Waals surface area contributed by atoms with Crippen molar-refractivity contribution in [2.24, 2.45) is 0 Å². The number of rotatable bonds is 3. The number of aromatic carboxylic acids is 1. The van der Waals surface area contributed by atoms with Crippen molar-refractivity contribution in [2.45, 2.75) is 6.18 Å². The van der Waals surface area contributed by atoms with E-state index in [9.17, 15) is 27.2 Å². The van der Waals surface area contributed by atoms with Gasteiger partial charge in [-0.15, -0.1) is 0 Å². The van der Waals surface area contributed by atoms with Gasteiger partial charge in [0, 0.05) is 0 Å². The first kappa shape index (κ1) is 16.5. The van der Waals surface area contributed by atoms with Gasteiger partial charge in [0.05, 0.1) is 7.11 Å². The summed E-state index contributed by atoms with van der Waals surface area (Å²) in [7, 11) is 1.08. The Bertz CT molecular complexity index is 827. The zero-order valence-corrected chi connectivity index (χ0v) is 11.5. The van der Waals surface area contributed by atoms with Crippen molar-refractivity contribution in [1.29, 1.82) is 0 Å². The van der Waals surface area contributed by atoms with Crippen LogP contribution in [0, 0.1) is 5.82 Å². The Balaban J connectivity index is 2.98. The lowest BCUT2D eigenvalue weighted by molar-refractivity contribution is -0.143. The number of aromatic nitrogens is 1. The Labute approximate surface area is 126 Å². The summed E-state index contributed by atoms with van der Waals surface area (Å²) in [4.78, 5) is 23.1. The van der Waals surface area contributed by atoms with Crippen molar-refractivity contribution in [2.75, 3.05) is 7.11 Å². The highest BCUT2D eigenvalue weighted by Gasteiger charge is 2.37. The summed E-state index contributed by atoms with van der Waals surface area (Å²) in [5.41, 5.74) is -4.77. The molecule has 0 amide bonds. The van der Waals surface area contributed by atoms with Crippen LogP contribution in [0.1, 0.15) is 16.1 Å². The van der Waals surface area contributed by atoms with Crippen LogP contribution in [-0.4, -0.2) is 22.8 Å². The van der Waals surface area contributed by atoms with Gasteiger partial charge in [-0.2, -0.15) is 13.2 Å². The number of pyridine rings is 1. The normalized spacial score (nSPS) is 11.3. The molecule has 23 heavy (non-hydrogen) atoms. The minimum Gasteiger partial charge on any atom is -0.494 e. The highest BCUT2D eigenvalue weighted by molar-refractivity contribution is 5.87. The van der Waals surface area contributed by atoms with E-state index in [1.807, 2.05) is 0 Å². The quantitative estimate of drug-likeness (QED) is 0.878. The SMILES string of the molecule is COc1cccc(F)c1-n1c(C(F)(F)F)ccc(C(=O)O)c1=O. The van der Waals surface area contributed by atoms with Gasteiger partial charge >= 0.3 is 12.1 Å². The monoisotopic (exact) mass is 331 g/mol. The molecule has 0 fully saturated rings. The van der Waals surface area contributed by atoms with E-state index < -0.39 is 40.5 Å². The van der Waals surface area contributed by atoms with E-state index in [-0.39, 0.29) is 10.3 Å². The predicted octanol–water partition coefficient (Wildman–Crippen LogP) is 2.70. The van der Waals surface area contributed by atoms with Crippen molar-refractivity contribution in [3.63, 3.8) is 0 Å². The third-order valence-electron chi connectivity index (χ3n) is 3.00. The summed E-state index contributed by atoms with van der Waals surface area (Å²) < 4.78 is 58.2. The lowest BCUT2D eigenvalue weighted by atomic mass is 10.2. The van der Waals surface area contributed by atoms with Gasteiger partial charge in [-0.25, -0.2) is 9.18 Å². The number of ether oxygens (including phenoxy) is 1. The Morgan fingerprint density at radius 2 is 1.87 bits per heavy atom. The van der Waals surface area contributed by atoms with E-state index in [4.69, 9.17) is 9.84 Å². The molecule has 0 spiro atoms. The van der Waals surface area contributed by atoms with Gasteiger partial charge < -0.3 is 9.84 Å². The molecule has 0 radical (unpaired) electrons. The standard InChI is InChI=1S/C14H9F4NO4/c1-23-9-4-2-3-8(15)11(9)19-10(14(16,17)18)6-5-7(12(19)20)13(21)22/h2-6H,1H3,(H,21,22). The van der Waals surface area contributed by atoms with Crippen LogP contribution >= 0.6 is 0 Å². The lowest BCUT2D eigenvalue weighted by Crippen LogP contribution is -2.31. The highest BCUT2D eigenvalue weighted by atomic mass is 19.4. The van der Waals surface area contributed by atoms with E-state index in [0.717, 1.165) is 19.2 Å². The molecule has 0 aliphatic carbocycles. The molecule has 1 heterocycles. The predicted molar refractivity (Wildman–Crippen MR) is 70.5 cm³/mol. The molecular weight excluding hydrogens is 322 g/mol. The molecule has 0 aliphatic heterocycles. The molecule has 0 aliphatic rings. The number of alkyl halides is 3. The number of carbonyl (C=O) groups is 1. The van der Waals surface area contributed by atoms with Crippen molar-refractivity contribution < 1.29 is 32.2 Å². The van der Waals surface area contributed by atoms with Crippen molar-refractivity contribution in [3.05, 3.63) is 57.8 Å². The maximum absolute atomic E-state index is 14.0. The topological polar surface area (TPSA) is 68.5 Å². The number of methoxy groups -OCH3 is 1. The molecule has 1 aromatic carbocycles. The molecule has 2 rings (SSSR count). The van der Waals surface area contributed by atoms with E-state index >= 15 is 0 Å². The number of benzene rings is 1. The van der Waals surface area contributed by atoms with Gasteiger partial charge in [-0.3, -0.25) is 9.36 Å². The number of hydrogen-bond acceptors (Lipinski definition) is 3. The molecule has 1 N–H and O–H groups in total. The molecule has 122 valence electrons. The van der Waals surface area contributed by atoms with Crippen molar-refractivity contribution in [1.82, 2.24) is 4.57 Å². The molecule has 2 aromatic rings. The summed E-state index contributed by atoms with van der Waals surface area (Å²) in [5, 5.41) is 8.91. The van der Waals surface area contributed by atoms with Crippen LogP contribution in [0.3, 0.4) is 0 Å². The number of nitrogens with zero attached hydrogens (tertiary/aromatic N) is 1. The Morgan fingerprint density at radius 3 is 2.39 bits per heavy atom. The third-order valence-corrected chi connectivity index (χ3v) is 3.00. The second-order valence-corrected chi connectivity index (χ2v) is 4.37. The largest absolute Gasteiger partial charge is 0.494 e. The van der Waals surface area contributed by atoms with E-state index in [2.05, 4.69) is 0 Å². The number of para-hydroxylation sites is 1. The van der Waals surface area contributed by atoms with E-state index in [1.54, 1.807) is 0 Å². The molecule has 0 saturated carbocycles. The number of carboxylic acid groups (broad SMARTS) is 1. The van der Waals surface area contributed by atoms with Crippen LogP contribution in [0.25, 0.3) is 5.69 Å². The fourth-order valence-electron chi connectivity index (χ4n) is 2.02. The third kappa shape index (κ3) is 2.89. The maximum Gasteiger partial charge on any atom is 0.431 e. The van der Waals surface area contributed by atoms with Gasteiger partial charge in [0.2, 0.25) is 0 Å². The fourth-order valence-corrected chi connectivity index (χ4v) is 2.02. The van der Waals surface area contributed by atoms with Gasteiger partial charge in [-0.1, -0.05) is 6.07 Å². The maximum atomic E-state index is 14.0. The van der Waals surface area contributed by atoms with Crippen molar-refractivity contribution in [3.8, 4) is 11.4 Å². The zero-order valence-electron chi connectivity index (χ0n) is 11.5. The first-order valence-electron chi connectivity index (χ1n) is 6.08. The molecule has 9 heteroatoms. The van der Waals surface area contributed by atoms with Crippen molar-refractivity contribution >= 4 is 5.97 Å².